The zero-order chi connectivity index (χ0) is 15.7. The number of hydrogen-bond acceptors (Lipinski definition) is 4. The summed E-state index contributed by atoms with van der Waals surface area (Å²) in [6.07, 6.45) is 1.54. The lowest BCUT2D eigenvalue weighted by Gasteiger charge is -2.12. The maximum atomic E-state index is 5.64. The third-order valence-corrected chi connectivity index (χ3v) is 4.19. The maximum absolute atomic E-state index is 5.64. The zero-order valence-corrected chi connectivity index (χ0v) is 13.8. The molecule has 0 bridgehead atoms. The van der Waals surface area contributed by atoms with Crippen molar-refractivity contribution in [2.75, 3.05) is 13.2 Å². The van der Waals surface area contributed by atoms with Crippen molar-refractivity contribution >= 4 is 11.8 Å². The number of aliphatic imine (C=N–C) groups is 2. The second-order valence-corrected chi connectivity index (χ2v) is 6.42. The van der Waals surface area contributed by atoms with E-state index in [-0.39, 0.29) is 12.1 Å². The van der Waals surface area contributed by atoms with E-state index in [2.05, 4.69) is 49.8 Å². The normalized spacial score (nSPS) is 23.8. The van der Waals surface area contributed by atoms with Gasteiger partial charge in [-0.15, -0.1) is 0 Å². The Morgan fingerprint density at radius 2 is 1.32 bits per heavy atom. The van der Waals surface area contributed by atoms with Gasteiger partial charge in [-0.25, -0.2) is 9.98 Å². The van der Waals surface area contributed by atoms with Gasteiger partial charge in [-0.1, -0.05) is 12.1 Å². The van der Waals surface area contributed by atoms with E-state index in [0.29, 0.717) is 13.2 Å². The third-order valence-electron chi connectivity index (χ3n) is 4.19. The summed E-state index contributed by atoms with van der Waals surface area (Å²) in [5.41, 5.74) is 5.13. The van der Waals surface area contributed by atoms with Crippen molar-refractivity contribution in [2.45, 2.75) is 52.6 Å². The fourth-order valence-corrected chi connectivity index (χ4v) is 2.92. The van der Waals surface area contributed by atoms with Gasteiger partial charge < -0.3 is 9.47 Å². The molecule has 1 aromatic rings. The highest BCUT2D eigenvalue weighted by Crippen LogP contribution is 2.21. The molecule has 0 saturated carbocycles. The molecule has 0 amide bonds. The summed E-state index contributed by atoms with van der Waals surface area (Å²) in [4.78, 5) is 9.07. The SMILES string of the molecule is Cc1cc(C)c(CC2=N[C@@H](C)CO2)cc1CC1=N[C@@H](C)CO1. The Kier molecular flexibility index (Phi) is 4.19. The molecule has 0 saturated heterocycles. The molecule has 0 spiro atoms. The van der Waals surface area contributed by atoms with Crippen molar-refractivity contribution < 1.29 is 9.47 Å². The molecule has 2 aliphatic rings. The fourth-order valence-electron chi connectivity index (χ4n) is 2.92. The average Bonchev–Trinajstić information content (AvgIpc) is 3.04. The minimum Gasteiger partial charge on any atom is -0.478 e. The molecular formula is C18H24N2O2. The first-order chi connectivity index (χ1) is 10.5. The van der Waals surface area contributed by atoms with Gasteiger partial charge in [0.05, 0.1) is 12.1 Å². The summed E-state index contributed by atoms with van der Waals surface area (Å²) in [5, 5.41) is 0. The lowest BCUT2D eigenvalue weighted by molar-refractivity contribution is 0.317. The van der Waals surface area contributed by atoms with Crippen LogP contribution in [0.2, 0.25) is 0 Å². The molecule has 1 aromatic carbocycles. The molecule has 0 aromatic heterocycles. The van der Waals surface area contributed by atoms with Crippen LogP contribution in [0.15, 0.2) is 22.1 Å². The van der Waals surface area contributed by atoms with Gasteiger partial charge in [0.1, 0.15) is 13.2 Å². The lowest BCUT2D eigenvalue weighted by atomic mass is 9.96. The number of ether oxygens (including phenoxy) is 2. The van der Waals surface area contributed by atoms with Gasteiger partial charge in [-0.2, -0.15) is 0 Å². The molecule has 0 radical (unpaired) electrons. The van der Waals surface area contributed by atoms with E-state index in [1.54, 1.807) is 0 Å². The molecular weight excluding hydrogens is 276 g/mol. The van der Waals surface area contributed by atoms with Crippen LogP contribution in [0.25, 0.3) is 0 Å². The van der Waals surface area contributed by atoms with E-state index in [1.165, 1.54) is 22.3 Å². The Morgan fingerprint density at radius 1 is 0.864 bits per heavy atom. The van der Waals surface area contributed by atoms with Gasteiger partial charge in [0, 0.05) is 12.8 Å². The van der Waals surface area contributed by atoms with Crippen LogP contribution in [0.4, 0.5) is 0 Å². The first-order valence-corrected chi connectivity index (χ1v) is 7.99. The maximum Gasteiger partial charge on any atom is 0.188 e. The molecule has 4 nitrogen and oxygen atoms in total. The van der Waals surface area contributed by atoms with E-state index in [4.69, 9.17) is 9.47 Å². The van der Waals surface area contributed by atoms with Crippen LogP contribution in [0.5, 0.6) is 0 Å². The number of benzene rings is 1. The van der Waals surface area contributed by atoms with Crippen molar-refractivity contribution in [1.82, 2.24) is 0 Å². The minimum absolute atomic E-state index is 0.281. The monoisotopic (exact) mass is 300 g/mol. The number of nitrogens with zero attached hydrogens (tertiary/aromatic N) is 2. The topological polar surface area (TPSA) is 43.2 Å². The summed E-state index contributed by atoms with van der Waals surface area (Å²) in [5.74, 6) is 1.71. The van der Waals surface area contributed by atoms with Crippen LogP contribution in [-0.2, 0) is 22.3 Å². The second kappa shape index (κ2) is 6.11. The predicted octanol–water partition coefficient (Wildman–Crippen LogP) is 3.02. The Balaban J connectivity index is 1.80. The van der Waals surface area contributed by atoms with Gasteiger partial charge >= 0.3 is 0 Å². The summed E-state index contributed by atoms with van der Waals surface area (Å²) in [6.45, 7) is 9.87. The van der Waals surface area contributed by atoms with Crippen molar-refractivity contribution in [3.8, 4) is 0 Å². The summed E-state index contributed by atoms with van der Waals surface area (Å²) in [6, 6.07) is 5.06. The highest BCUT2D eigenvalue weighted by Gasteiger charge is 2.18. The molecule has 2 atom stereocenters. The summed E-state index contributed by atoms with van der Waals surface area (Å²) in [7, 11) is 0. The van der Waals surface area contributed by atoms with Gasteiger partial charge in [-0.3, -0.25) is 0 Å². The van der Waals surface area contributed by atoms with Gasteiger partial charge in [0.2, 0.25) is 0 Å². The van der Waals surface area contributed by atoms with Crippen molar-refractivity contribution in [3.05, 3.63) is 34.4 Å². The molecule has 118 valence electrons. The Bertz CT molecular complexity index is 583. The molecule has 2 heterocycles. The summed E-state index contributed by atoms with van der Waals surface area (Å²) >= 11 is 0. The molecule has 0 aliphatic carbocycles. The highest BCUT2D eigenvalue weighted by molar-refractivity contribution is 5.82. The van der Waals surface area contributed by atoms with Gasteiger partial charge in [-0.05, 0) is 49.9 Å². The lowest BCUT2D eigenvalue weighted by Crippen LogP contribution is -2.09. The van der Waals surface area contributed by atoms with Crippen molar-refractivity contribution in [1.29, 1.82) is 0 Å². The molecule has 4 heteroatoms. The molecule has 0 unspecified atom stereocenters. The van der Waals surface area contributed by atoms with Crippen LogP contribution in [0.3, 0.4) is 0 Å². The smallest absolute Gasteiger partial charge is 0.188 e. The first kappa shape index (κ1) is 15.1. The highest BCUT2D eigenvalue weighted by atomic mass is 16.5. The Labute approximate surface area is 132 Å². The zero-order valence-electron chi connectivity index (χ0n) is 13.8. The third kappa shape index (κ3) is 3.32. The van der Waals surface area contributed by atoms with E-state index >= 15 is 0 Å². The van der Waals surface area contributed by atoms with Crippen LogP contribution in [0.1, 0.15) is 36.1 Å². The molecule has 2 aliphatic heterocycles. The molecule has 22 heavy (non-hydrogen) atoms. The number of aryl methyl sites for hydroxylation is 2. The predicted molar refractivity (Wildman–Crippen MR) is 89.0 cm³/mol. The van der Waals surface area contributed by atoms with E-state index < -0.39 is 0 Å². The van der Waals surface area contributed by atoms with Crippen LogP contribution in [-0.4, -0.2) is 37.1 Å². The molecule has 0 fully saturated rings. The molecule has 0 N–H and O–H groups in total. The fraction of sp³-hybridized carbons (Fsp3) is 0.556. The van der Waals surface area contributed by atoms with Crippen molar-refractivity contribution in [2.24, 2.45) is 9.98 Å². The quantitative estimate of drug-likeness (QED) is 0.858. The molecule has 3 rings (SSSR count). The van der Waals surface area contributed by atoms with Crippen molar-refractivity contribution in [3.63, 3.8) is 0 Å². The van der Waals surface area contributed by atoms with Gasteiger partial charge in [0.25, 0.3) is 0 Å². The Hall–Kier alpha value is -1.84. The van der Waals surface area contributed by atoms with Crippen LogP contribution < -0.4 is 0 Å². The Morgan fingerprint density at radius 3 is 1.68 bits per heavy atom. The first-order valence-electron chi connectivity index (χ1n) is 7.99. The number of hydrogen-bond donors (Lipinski definition) is 0. The summed E-state index contributed by atoms with van der Waals surface area (Å²) < 4.78 is 11.3. The minimum atomic E-state index is 0.281. The average molecular weight is 300 g/mol. The van der Waals surface area contributed by atoms with Crippen LogP contribution >= 0.6 is 0 Å². The van der Waals surface area contributed by atoms with Crippen LogP contribution in [0, 0.1) is 13.8 Å². The second-order valence-electron chi connectivity index (χ2n) is 6.42. The van der Waals surface area contributed by atoms with Gasteiger partial charge in [0.15, 0.2) is 11.8 Å². The number of rotatable bonds is 4. The van der Waals surface area contributed by atoms with E-state index in [1.807, 2.05) is 0 Å². The standard InChI is InChI=1S/C18H24N2O2/c1-11-5-12(2)16(8-18-20-14(4)10-22-18)6-15(11)7-17-19-13(3)9-21-17/h5-6,13-14H,7-10H2,1-4H3/t13-,14-/m0/s1. The van der Waals surface area contributed by atoms with E-state index in [9.17, 15) is 0 Å². The largest absolute Gasteiger partial charge is 0.478 e. The van der Waals surface area contributed by atoms with E-state index in [0.717, 1.165) is 24.6 Å².